The summed E-state index contributed by atoms with van der Waals surface area (Å²) >= 11 is 0. The van der Waals surface area contributed by atoms with Crippen molar-refractivity contribution in [3.05, 3.63) is 131 Å². The van der Waals surface area contributed by atoms with Crippen LogP contribution in [0.2, 0.25) is 0 Å². The minimum atomic E-state index is -0.0959. The molecule has 0 bridgehead atoms. The number of benzene rings is 4. The van der Waals surface area contributed by atoms with E-state index in [9.17, 15) is 0 Å². The Kier molecular flexibility index (Phi) is 18.8. The summed E-state index contributed by atoms with van der Waals surface area (Å²) in [6, 6.07) is 29.2. The van der Waals surface area contributed by atoms with Gasteiger partial charge in [-0.1, -0.05) is 91.9 Å². The van der Waals surface area contributed by atoms with Gasteiger partial charge in [0.05, 0.1) is 22.6 Å². The van der Waals surface area contributed by atoms with Gasteiger partial charge < -0.3 is 12.8 Å². The largest absolute Gasteiger partial charge is 1.00 e. The van der Waals surface area contributed by atoms with E-state index >= 15 is 0 Å². The molecule has 0 spiro atoms. The van der Waals surface area contributed by atoms with Gasteiger partial charge in [-0.2, -0.15) is 0 Å². The summed E-state index contributed by atoms with van der Waals surface area (Å²) in [5, 5.41) is 0. The first kappa shape index (κ1) is 46.8. The maximum atomic E-state index is 7.14. The molecule has 0 atom stereocenters. The Morgan fingerprint density at radius 1 is 0.390 bits per heavy atom. The third-order valence-corrected chi connectivity index (χ3v) is 24.6. The van der Waals surface area contributed by atoms with Crippen molar-refractivity contribution < 1.29 is 44.8 Å². The van der Waals surface area contributed by atoms with Crippen molar-refractivity contribution >= 4 is 15.8 Å². The van der Waals surface area contributed by atoms with Crippen LogP contribution in [0.3, 0.4) is 0 Å². The third-order valence-electron chi connectivity index (χ3n) is 14.8. The predicted molar refractivity (Wildman–Crippen MR) is 251 cm³/mol. The average Bonchev–Trinajstić information content (AvgIpc) is 3.86. The van der Waals surface area contributed by atoms with E-state index in [0.29, 0.717) is 0 Å². The SMILES string of the molecule is C1CCC([PH+](C[PH+](C2CCCCC2)C2CCCCC2)C2CCCCC2)CC1.[Au+].[Au+].[C-]#Cc1ccc2c(c1)-c1ccccc1C2.[C-]#Cc1ccc2c(c1)Cc1ccccc1-2. The maximum Gasteiger partial charge on any atom is 1.00 e. The summed E-state index contributed by atoms with van der Waals surface area (Å²) in [5.41, 5.74) is 17.3. The Balaban J connectivity index is 0.000000156. The minimum Gasteiger partial charge on any atom is -0.366 e. The standard InChI is InChI=1S/C25H46P2.2C15H9.2Au/c1-5-13-22(14-6-1)26(23-15-7-2-8-16-23)21-27(24-17-9-3-10-18-24)25-19-11-4-12-20-25;1-2-11-7-8-15-13(9-11)10-12-5-3-4-6-14(12)15;1-2-11-7-8-13-10-12-5-3-4-6-14(12)15(13)9-11;;/h22-25H,1-21H2;2*3-9H,10H2;;/q;2*-1;2*+1/p+2. The average molecular weight is 1180 g/mol. The Morgan fingerprint density at radius 2 is 0.746 bits per heavy atom. The van der Waals surface area contributed by atoms with Crippen LogP contribution in [-0.4, -0.2) is 28.5 Å². The van der Waals surface area contributed by atoms with Crippen molar-refractivity contribution in [2.75, 3.05) is 5.90 Å². The summed E-state index contributed by atoms with van der Waals surface area (Å²) < 4.78 is 0. The molecule has 0 nitrogen and oxygen atoms in total. The first-order chi connectivity index (χ1) is 28.2. The summed E-state index contributed by atoms with van der Waals surface area (Å²) in [4.78, 5) is 0. The predicted octanol–water partition coefficient (Wildman–Crippen LogP) is 15.1. The van der Waals surface area contributed by atoms with E-state index in [-0.39, 0.29) is 60.6 Å². The number of fused-ring (bicyclic) bond motifs is 6. The number of hydrogen-bond donors (Lipinski definition) is 0. The third kappa shape index (κ3) is 11.9. The molecule has 0 N–H and O–H groups in total. The molecule has 59 heavy (non-hydrogen) atoms. The monoisotopic (exact) mass is 1180 g/mol. The maximum absolute atomic E-state index is 7.14. The van der Waals surface area contributed by atoms with E-state index in [0.717, 1.165) is 24.0 Å². The van der Waals surface area contributed by atoms with Gasteiger partial charge in [-0.15, -0.1) is 35.4 Å². The molecule has 4 heteroatoms. The van der Waals surface area contributed by atoms with Crippen LogP contribution in [0.4, 0.5) is 0 Å². The molecule has 0 unspecified atom stereocenters. The molecule has 4 fully saturated rings. The second-order valence-electron chi connectivity index (χ2n) is 18.3. The molecule has 4 saturated carbocycles. The van der Waals surface area contributed by atoms with Gasteiger partial charge in [0, 0.05) is 15.8 Å². The second kappa shape index (κ2) is 23.7. The van der Waals surface area contributed by atoms with Gasteiger partial charge in [0.1, 0.15) is 0 Å². The van der Waals surface area contributed by atoms with Crippen LogP contribution in [0.1, 0.15) is 162 Å². The van der Waals surface area contributed by atoms with Crippen LogP contribution < -0.4 is 0 Å². The van der Waals surface area contributed by atoms with Crippen LogP contribution in [0.15, 0.2) is 84.9 Å². The fourth-order valence-electron chi connectivity index (χ4n) is 11.8. The van der Waals surface area contributed by atoms with E-state index in [1.165, 1.54) is 67.1 Å². The zero-order valence-corrected chi connectivity index (χ0v) is 41.6. The zero-order valence-electron chi connectivity index (χ0n) is 35.3. The Bertz CT molecular complexity index is 1940. The Hall–Kier alpha value is -1.66. The first-order valence-electron chi connectivity index (χ1n) is 23.2. The van der Waals surface area contributed by atoms with Crippen LogP contribution in [-0.2, 0) is 57.6 Å². The van der Waals surface area contributed by atoms with E-state index in [1.807, 2.05) is 24.1 Å². The van der Waals surface area contributed by atoms with Crippen LogP contribution >= 0.6 is 15.8 Å². The van der Waals surface area contributed by atoms with Crippen molar-refractivity contribution in [1.29, 1.82) is 0 Å². The van der Waals surface area contributed by atoms with Gasteiger partial charge in [0.15, 0.2) is 5.90 Å². The molecule has 0 saturated heterocycles. The van der Waals surface area contributed by atoms with Crippen molar-refractivity contribution in [3.63, 3.8) is 0 Å². The number of hydrogen-bond acceptors (Lipinski definition) is 0. The second-order valence-corrected chi connectivity index (χ2v) is 25.3. The van der Waals surface area contributed by atoms with E-state index in [4.69, 9.17) is 12.8 Å². The van der Waals surface area contributed by atoms with E-state index in [1.54, 1.807) is 128 Å². The van der Waals surface area contributed by atoms with Crippen molar-refractivity contribution in [2.24, 2.45) is 0 Å². The topological polar surface area (TPSA) is 0 Å². The molecule has 6 aliphatic rings. The van der Waals surface area contributed by atoms with Gasteiger partial charge >= 0.3 is 44.8 Å². The smallest absolute Gasteiger partial charge is 0.366 e. The van der Waals surface area contributed by atoms with Gasteiger partial charge in [-0.3, -0.25) is 11.8 Å². The molecule has 0 aromatic heterocycles. The minimum absolute atomic E-state index is 0. The van der Waals surface area contributed by atoms with Crippen molar-refractivity contribution in [1.82, 2.24) is 0 Å². The van der Waals surface area contributed by atoms with Crippen LogP contribution in [0, 0.1) is 24.7 Å². The molecular weight excluding hydrogens is 1120 g/mol. The zero-order chi connectivity index (χ0) is 38.8. The van der Waals surface area contributed by atoms with Crippen LogP contribution in [0.25, 0.3) is 22.3 Å². The van der Waals surface area contributed by atoms with Gasteiger partial charge in [0.25, 0.3) is 0 Å². The molecule has 6 aliphatic carbocycles. The summed E-state index contributed by atoms with van der Waals surface area (Å²) in [6.45, 7) is 0. The van der Waals surface area contributed by atoms with Gasteiger partial charge in [-0.05, 0) is 155 Å². The molecular formula is C55H66Au2P2+2. The molecule has 4 aromatic carbocycles. The molecule has 0 amide bonds. The Labute approximate surface area is 392 Å². The molecule has 0 heterocycles. The summed E-state index contributed by atoms with van der Waals surface area (Å²) in [5.74, 6) is 6.73. The molecule has 10 rings (SSSR count). The number of rotatable bonds is 6. The fraction of sp³-hybridized carbons (Fsp3) is 0.491. The summed E-state index contributed by atoms with van der Waals surface area (Å²) in [6.07, 6.45) is 48.3. The Morgan fingerprint density at radius 3 is 1.20 bits per heavy atom. The quantitative estimate of drug-likeness (QED) is 0.0675. The van der Waals surface area contributed by atoms with E-state index < -0.39 is 0 Å². The molecule has 316 valence electrons. The van der Waals surface area contributed by atoms with E-state index in [2.05, 4.69) is 78.6 Å². The van der Waals surface area contributed by atoms with Crippen molar-refractivity contribution in [3.8, 4) is 34.1 Å². The molecule has 0 radical (unpaired) electrons. The van der Waals surface area contributed by atoms with Gasteiger partial charge in [0.2, 0.25) is 0 Å². The normalized spacial score (nSPS) is 18.8. The van der Waals surface area contributed by atoms with Crippen molar-refractivity contribution in [2.45, 2.75) is 164 Å². The molecule has 4 aromatic rings. The summed E-state index contributed by atoms with van der Waals surface area (Å²) in [7, 11) is -0.192. The van der Waals surface area contributed by atoms with Gasteiger partial charge in [-0.25, -0.2) is 0 Å². The fourth-order valence-corrected chi connectivity index (χ4v) is 24.2. The first-order valence-corrected chi connectivity index (χ1v) is 26.9. The van der Waals surface area contributed by atoms with Crippen LogP contribution in [0.5, 0.6) is 0 Å². The molecule has 0 aliphatic heterocycles.